The van der Waals surface area contributed by atoms with Crippen LogP contribution in [-0.2, 0) is 47.6 Å². The molecule has 13 nitrogen and oxygen atoms in total. The van der Waals surface area contributed by atoms with Crippen molar-refractivity contribution in [3.05, 3.63) is 29.8 Å². The third kappa shape index (κ3) is 6.22. The Balaban J connectivity index is 1.96. The number of cyclic esters (lactones) is 1. The molecule has 1 unspecified atom stereocenters. The molecule has 2 saturated heterocycles. The average Bonchev–Trinajstić information content (AvgIpc) is 3.14. The Hall–Kier alpha value is -3.87. The van der Waals surface area contributed by atoms with Gasteiger partial charge in [0.15, 0.2) is 18.3 Å². The molecule has 1 amide bonds. The highest BCUT2D eigenvalue weighted by Crippen LogP contribution is 2.33. The van der Waals surface area contributed by atoms with Crippen molar-refractivity contribution in [1.82, 2.24) is 4.90 Å². The number of rotatable bonds is 7. The largest absolute Gasteiger partial charge is 0.467 e. The van der Waals surface area contributed by atoms with Crippen molar-refractivity contribution in [2.45, 2.75) is 57.6 Å². The van der Waals surface area contributed by atoms with E-state index in [0.717, 1.165) is 27.9 Å². The lowest BCUT2D eigenvalue weighted by Gasteiger charge is -2.43. The molecule has 0 spiro atoms. The normalized spacial score (nSPS) is 27.5. The number of likely N-dealkylation sites (N-methyl/N-ethyl adjacent to an activating group) is 1. The van der Waals surface area contributed by atoms with E-state index in [-0.39, 0.29) is 5.75 Å². The second-order valence-corrected chi connectivity index (χ2v) is 8.11. The fourth-order valence-electron chi connectivity index (χ4n) is 3.84. The van der Waals surface area contributed by atoms with Crippen LogP contribution < -0.4 is 4.74 Å². The molecule has 1 aromatic carbocycles. The lowest BCUT2D eigenvalue weighted by molar-refractivity contribution is -0.282. The highest BCUT2D eigenvalue weighted by Gasteiger charge is 2.55. The zero-order chi connectivity index (χ0) is 26.6. The van der Waals surface area contributed by atoms with Crippen LogP contribution in [0.1, 0.15) is 32.4 Å². The predicted molar refractivity (Wildman–Crippen MR) is 116 cm³/mol. The Morgan fingerprint density at radius 3 is 2.11 bits per heavy atom. The highest BCUT2D eigenvalue weighted by atomic mass is 16.7. The first-order valence-electron chi connectivity index (χ1n) is 10.9. The molecule has 2 aliphatic heterocycles. The van der Waals surface area contributed by atoms with Crippen LogP contribution in [-0.4, -0.2) is 86.3 Å². The third-order valence-electron chi connectivity index (χ3n) is 5.31. The molecule has 6 atom stereocenters. The van der Waals surface area contributed by atoms with Gasteiger partial charge in [0.25, 0.3) is 0 Å². The van der Waals surface area contributed by atoms with Gasteiger partial charge in [0.2, 0.25) is 12.4 Å². The molecule has 0 aromatic heterocycles. The summed E-state index contributed by atoms with van der Waals surface area (Å²) in [4.78, 5) is 61.2. The Kier molecular flexibility index (Phi) is 8.35. The van der Waals surface area contributed by atoms with Gasteiger partial charge in [-0.05, 0) is 17.7 Å². The van der Waals surface area contributed by atoms with Gasteiger partial charge in [-0.1, -0.05) is 12.1 Å². The van der Waals surface area contributed by atoms with E-state index in [1.54, 1.807) is 31.3 Å². The van der Waals surface area contributed by atoms with Crippen LogP contribution in [0.5, 0.6) is 5.75 Å². The zero-order valence-corrected chi connectivity index (χ0v) is 20.3. The fourth-order valence-corrected chi connectivity index (χ4v) is 3.84. The number of carbonyl (C=O) groups excluding carboxylic acids is 5. The molecule has 196 valence electrons. The number of benzene rings is 1. The fraction of sp³-hybridized carbons (Fsp3) is 0.522. The number of carbonyl (C=O) groups is 5. The van der Waals surface area contributed by atoms with Gasteiger partial charge in [0, 0.05) is 27.8 Å². The Labute approximate surface area is 206 Å². The Morgan fingerprint density at radius 1 is 0.944 bits per heavy atom. The van der Waals surface area contributed by atoms with Gasteiger partial charge >= 0.3 is 30.0 Å². The summed E-state index contributed by atoms with van der Waals surface area (Å²) >= 11 is 0. The first-order valence-corrected chi connectivity index (χ1v) is 10.9. The van der Waals surface area contributed by atoms with Crippen LogP contribution in [0.15, 0.2) is 24.3 Å². The summed E-state index contributed by atoms with van der Waals surface area (Å²) in [6, 6.07) is 6.51. The first kappa shape index (κ1) is 26.7. The molecule has 0 saturated carbocycles. The van der Waals surface area contributed by atoms with Gasteiger partial charge < -0.3 is 38.1 Å². The molecule has 0 N–H and O–H groups in total. The molecule has 2 heterocycles. The highest BCUT2D eigenvalue weighted by molar-refractivity contribution is 5.77. The minimum absolute atomic E-state index is 0.205. The Morgan fingerprint density at radius 2 is 1.56 bits per heavy atom. The summed E-state index contributed by atoms with van der Waals surface area (Å²) in [5, 5.41) is 0. The van der Waals surface area contributed by atoms with Gasteiger partial charge in [0.05, 0.1) is 13.7 Å². The van der Waals surface area contributed by atoms with E-state index in [1.807, 2.05) is 0 Å². The maximum absolute atomic E-state index is 12.5. The molecule has 13 heteroatoms. The van der Waals surface area contributed by atoms with Crippen LogP contribution in [0, 0.1) is 0 Å². The van der Waals surface area contributed by atoms with E-state index in [9.17, 15) is 24.0 Å². The quantitative estimate of drug-likeness (QED) is 0.379. The summed E-state index contributed by atoms with van der Waals surface area (Å²) in [6.07, 6.45) is -8.48. The predicted octanol–water partition coefficient (Wildman–Crippen LogP) is 0.881. The van der Waals surface area contributed by atoms with E-state index in [4.69, 9.17) is 33.2 Å². The van der Waals surface area contributed by atoms with E-state index < -0.39 is 66.8 Å². The van der Waals surface area contributed by atoms with Crippen molar-refractivity contribution < 1.29 is 57.1 Å². The van der Waals surface area contributed by atoms with Crippen LogP contribution >= 0.6 is 0 Å². The Bertz CT molecular complexity index is 1030. The van der Waals surface area contributed by atoms with Crippen molar-refractivity contribution >= 4 is 30.0 Å². The maximum atomic E-state index is 12.5. The summed E-state index contributed by atoms with van der Waals surface area (Å²) < 4.78 is 37.6. The summed E-state index contributed by atoms with van der Waals surface area (Å²) in [7, 11) is 2.69. The third-order valence-corrected chi connectivity index (χ3v) is 5.31. The van der Waals surface area contributed by atoms with Crippen molar-refractivity contribution in [3.63, 3.8) is 0 Å². The number of esters is 4. The minimum Gasteiger partial charge on any atom is -0.467 e. The summed E-state index contributed by atoms with van der Waals surface area (Å²) in [5.74, 6) is -3.12. The van der Waals surface area contributed by atoms with E-state index in [2.05, 4.69) is 0 Å². The smallest absolute Gasteiger partial charge is 0.410 e. The lowest BCUT2D eigenvalue weighted by atomic mass is 9.97. The number of hydrogen-bond donors (Lipinski definition) is 0. The van der Waals surface area contributed by atoms with Gasteiger partial charge in [-0.15, -0.1) is 0 Å². The number of hydrogen-bond acceptors (Lipinski definition) is 12. The molecule has 36 heavy (non-hydrogen) atoms. The number of amides is 1. The molecule has 2 fully saturated rings. The molecule has 1 aromatic rings. The second kappa shape index (κ2) is 11.2. The van der Waals surface area contributed by atoms with E-state index in [1.165, 1.54) is 4.90 Å². The van der Waals surface area contributed by atoms with Crippen LogP contribution in [0.25, 0.3) is 0 Å². The monoisotopic (exact) mass is 509 g/mol. The van der Waals surface area contributed by atoms with Gasteiger partial charge in [0.1, 0.15) is 11.9 Å². The van der Waals surface area contributed by atoms with Crippen LogP contribution in [0.4, 0.5) is 4.79 Å². The SMILES string of the molecule is COC(=O)[C@H]1O[C@@H](Oc2cccc(C3CN(C)C(=O)O3)c2)[C@H](OC(C)=O)[C@@H](OC(C)=O)[C@@H]1OC(C)=O. The molecular weight excluding hydrogens is 482 g/mol. The van der Waals surface area contributed by atoms with E-state index in [0.29, 0.717) is 12.1 Å². The second-order valence-electron chi connectivity index (χ2n) is 8.11. The minimum atomic E-state index is -1.58. The number of ether oxygens (including phenoxy) is 7. The van der Waals surface area contributed by atoms with Crippen LogP contribution in [0.3, 0.4) is 0 Å². The van der Waals surface area contributed by atoms with Gasteiger partial charge in [-0.3, -0.25) is 14.4 Å². The molecule has 3 rings (SSSR count). The topological polar surface area (TPSA) is 153 Å². The molecule has 0 aliphatic carbocycles. The van der Waals surface area contributed by atoms with Gasteiger partial charge in [-0.2, -0.15) is 0 Å². The summed E-state index contributed by atoms with van der Waals surface area (Å²) in [5.41, 5.74) is 0.615. The van der Waals surface area contributed by atoms with Gasteiger partial charge in [-0.25, -0.2) is 9.59 Å². The molecule has 0 bridgehead atoms. The number of nitrogens with zero attached hydrogens (tertiary/aromatic N) is 1. The summed E-state index contributed by atoms with van der Waals surface area (Å²) in [6.45, 7) is 3.61. The molecule has 2 aliphatic rings. The molecule has 0 radical (unpaired) electrons. The average molecular weight is 509 g/mol. The van der Waals surface area contributed by atoms with Crippen molar-refractivity contribution in [2.75, 3.05) is 20.7 Å². The van der Waals surface area contributed by atoms with Crippen LogP contribution in [0.2, 0.25) is 0 Å². The van der Waals surface area contributed by atoms with E-state index >= 15 is 0 Å². The molecular formula is C23H27NO12. The first-order chi connectivity index (χ1) is 17.0. The van der Waals surface area contributed by atoms with Crippen molar-refractivity contribution in [2.24, 2.45) is 0 Å². The number of methoxy groups -OCH3 is 1. The van der Waals surface area contributed by atoms with Crippen molar-refractivity contribution in [1.29, 1.82) is 0 Å². The maximum Gasteiger partial charge on any atom is 0.410 e. The lowest BCUT2D eigenvalue weighted by Crippen LogP contribution is -2.64. The zero-order valence-electron chi connectivity index (χ0n) is 20.3. The van der Waals surface area contributed by atoms with Crippen molar-refractivity contribution in [3.8, 4) is 5.75 Å². The standard InChI is InChI=1S/C23H27NO12/c1-11(25)31-17-18(32-12(2)26)20(33-13(3)27)22(36-19(17)21(28)30-5)34-15-8-6-7-14(9-15)16-10-24(4)23(29)35-16/h6-9,16-20,22H,10H2,1-5H3/t16?,17-,18-,19-,20+,22+/m0/s1.